The van der Waals surface area contributed by atoms with E-state index in [9.17, 15) is 9.00 Å². The third-order valence-electron chi connectivity index (χ3n) is 1.43. The van der Waals surface area contributed by atoms with Gasteiger partial charge in [0.1, 0.15) is 5.75 Å². The molecule has 70 valence electrons. The Labute approximate surface area is 78.0 Å². The summed E-state index contributed by atoms with van der Waals surface area (Å²) in [7, 11) is 0. The summed E-state index contributed by atoms with van der Waals surface area (Å²) in [4.78, 5) is 10.8. The summed E-state index contributed by atoms with van der Waals surface area (Å²) in [6.07, 6.45) is 0. The Bertz CT molecular complexity index is 331. The van der Waals surface area contributed by atoms with Gasteiger partial charge in [-0.25, -0.2) is 0 Å². The van der Waals surface area contributed by atoms with Crippen LogP contribution in [0.1, 0.15) is 17.3 Å². The summed E-state index contributed by atoms with van der Waals surface area (Å²) < 4.78 is 23.0. The van der Waals surface area contributed by atoms with E-state index in [0.717, 1.165) is 0 Å². The number of benzene rings is 1. The summed E-state index contributed by atoms with van der Waals surface area (Å²) in [5, 5.41) is 0. The average molecular weight is 200 g/mol. The first-order valence-corrected chi connectivity index (χ1v) is 4.53. The van der Waals surface area contributed by atoms with E-state index in [2.05, 4.69) is 4.18 Å². The molecule has 1 N–H and O–H groups in total. The molecule has 0 saturated heterocycles. The van der Waals surface area contributed by atoms with E-state index < -0.39 is 11.4 Å². The summed E-state index contributed by atoms with van der Waals surface area (Å²) in [5.74, 6) is 0.197. The average Bonchev–Trinajstić information content (AvgIpc) is 2.04. The zero-order valence-electron chi connectivity index (χ0n) is 6.89. The predicted octanol–water partition coefficient (Wildman–Crippen LogP) is 1.40. The van der Waals surface area contributed by atoms with Crippen molar-refractivity contribution >= 4 is 17.1 Å². The Kier molecular flexibility index (Phi) is 3.16. The van der Waals surface area contributed by atoms with Crippen LogP contribution in [0.25, 0.3) is 0 Å². The SMILES string of the molecule is CC(=O)c1ccc(OS(=O)O)cc1. The predicted molar refractivity (Wildman–Crippen MR) is 47.8 cm³/mol. The van der Waals surface area contributed by atoms with Crippen molar-refractivity contribution in [2.75, 3.05) is 0 Å². The van der Waals surface area contributed by atoms with Crippen molar-refractivity contribution in [2.45, 2.75) is 6.92 Å². The van der Waals surface area contributed by atoms with Gasteiger partial charge in [-0.1, -0.05) is 0 Å². The lowest BCUT2D eigenvalue weighted by atomic mass is 10.1. The molecule has 0 bridgehead atoms. The number of Topliss-reactive ketones (excluding diaryl/α,β-unsaturated/α-hetero) is 1. The summed E-state index contributed by atoms with van der Waals surface area (Å²) in [6.45, 7) is 1.44. The Balaban J connectivity index is 2.81. The van der Waals surface area contributed by atoms with E-state index in [-0.39, 0.29) is 11.5 Å². The molecule has 0 amide bonds. The molecule has 0 heterocycles. The van der Waals surface area contributed by atoms with Crippen molar-refractivity contribution in [3.63, 3.8) is 0 Å². The Morgan fingerprint density at radius 3 is 2.31 bits per heavy atom. The molecular formula is C8H8O4S. The van der Waals surface area contributed by atoms with Crippen molar-refractivity contribution in [1.82, 2.24) is 0 Å². The summed E-state index contributed by atoms with van der Waals surface area (Å²) in [5.41, 5.74) is 0.538. The van der Waals surface area contributed by atoms with E-state index in [1.54, 1.807) is 0 Å². The minimum absolute atomic E-state index is 0.0586. The maximum Gasteiger partial charge on any atom is 0.357 e. The first kappa shape index (κ1) is 9.88. The molecule has 1 aromatic rings. The van der Waals surface area contributed by atoms with Crippen LogP contribution in [0, 0.1) is 0 Å². The molecule has 13 heavy (non-hydrogen) atoms. The van der Waals surface area contributed by atoms with Crippen LogP contribution >= 0.6 is 0 Å². The monoisotopic (exact) mass is 200 g/mol. The van der Waals surface area contributed by atoms with Gasteiger partial charge in [-0.3, -0.25) is 9.35 Å². The van der Waals surface area contributed by atoms with E-state index >= 15 is 0 Å². The van der Waals surface area contributed by atoms with Crippen LogP contribution in [0.2, 0.25) is 0 Å². The van der Waals surface area contributed by atoms with Gasteiger partial charge in [-0.05, 0) is 31.2 Å². The first-order chi connectivity index (χ1) is 6.09. The smallest absolute Gasteiger partial charge is 0.357 e. The lowest BCUT2D eigenvalue weighted by molar-refractivity contribution is 0.101. The molecule has 5 heteroatoms. The first-order valence-electron chi connectivity index (χ1n) is 3.50. The van der Waals surface area contributed by atoms with Gasteiger partial charge in [0.15, 0.2) is 5.78 Å². The highest BCUT2D eigenvalue weighted by molar-refractivity contribution is 7.74. The van der Waals surface area contributed by atoms with Crippen LogP contribution in [0.3, 0.4) is 0 Å². The molecule has 1 rings (SSSR count). The van der Waals surface area contributed by atoms with Gasteiger partial charge in [-0.15, -0.1) is 0 Å². The van der Waals surface area contributed by atoms with Crippen molar-refractivity contribution in [1.29, 1.82) is 0 Å². The van der Waals surface area contributed by atoms with Crippen molar-refractivity contribution in [2.24, 2.45) is 0 Å². The van der Waals surface area contributed by atoms with Crippen LogP contribution in [0.15, 0.2) is 24.3 Å². The van der Waals surface area contributed by atoms with Gasteiger partial charge in [0.2, 0.25) is 0 Å². The molecule has 0 aliphatic rings. The molecule has 0 spiro atoms. The van der Waals surface area contributed by atoms with Crippen molar-refractivity contribution < 1.29 is 17.7 Å². The molecular weight excluding hydrogens is 192 g/mol. The minimum Gasteiger partial charge on any atom is -0.380 e. The number of ketones is 1. The molecule has 1 atom stereocenters. The van der Waals surface area contributed by atoms with Crippen LogP contribution in [-0.4, -0.2) is 14.5 Å². The number of hydrogen-bond donors (Lipinski definition) is 1. The molecule has 0 aliphatic carbocycles. The molecule has 0 aliphatic heterocycles. The second kappa shape index (κ2) is 4.15. The van der Waals surface area contributed by atoms with Gasteiger partial charge in [0.25, 0.3) is 0 Å². The highest BCUT2D eigenvalue weighted by atomic mass is 32.2. The number of carbonyl (C=O) groups is 1. The standard InChI is InChI=1S/C8H8O4S/c1-6(9)7-2-4-8(5-3-7)12-13(10)11/h2-5H,1H3,(H,10,11). The highest BCUT2D eigenvalue weighted by Crippen LogP contribution is 2.12. The zero-order chi connectivity index (χ0) is 9.84. The van der Waals surface area contributed by atoms with Crippen LogP contribution in [0.5, 0.6) is 5.75 Å². The number of hydrogen-bond acceptors (Lipinski definition) is 3. The highest BCUT2D eigenvalue weighted by Gasteiger charge is 2.01. The van der Waals surface area contributed by atoms with Gasteiger partial charge in [0, 0.05) is 5.56 Å². The summed E-state index contributed by atoms with van der Waals surface area (Å²) in [6, 6.07) is 5.99. The largest absolute Gasteiger partial charge is 0.380 e. The summed E-state index contributed by atoms with van der Waals surface area (Å²) >= 11 is -2.32. The maximum atomic E-state index is 10.8. The van der Waals surface area contributed by atoms with Crippen molar-refractivity contribution in [3.8, 4) is 5.75 Å². The Morgan fingerprint density at radius 1 is 1.38 bits per heavy atom. The molecule has 0 radical (unpaired) electrons. The molecule has 1 aromatic carbocycles. The van der Waals surface area contributed by atoms with E-state index in [1.165, 1.54) is 31.2 Å². The van der Waals surface area contributed by atoms with E-state index in [1.807, 2.05) is 0 Å². The molecule has 0 saturated carbocycles. The quantitative estimate of drug-likeness (QED) is 0.591. The van der Waals surface area contributed by atoms with Gasteiger partial charge in [0.05, 0.1) is 0 Å². The maximum absolute atomic E-state index is 10.8. The fourth-order valence-electron chi connectivity index (χ4n) is 0.828. The zero-order valence-corrected chi connectivity index (χ0v) is 7.71. The second-order valence-corrected chi connectivity index (χ2v) is 2.98. The topological polar surface area (TPSA) is 63.6 Å². The molecule has 4 nitrogen and oxygen atoms in total. The fraction of sp³-hybridized carbons (Fsp3) is 0.125. The van der Waals surface area contributed by atoms with Crippen LogP contribution < -0.4 is 4.18 Å². The molecule has 0 fully saturated rings. The van der Waals surface area contributed by atoms with E-state index in [4.69, 9.17) is 4.55 Å². The Hall–Kier alpha value is -1.20. The van der Waals surface area contributed by atoms with E-state index in [0.29, 0.717) is 5.56 Å². The third-order valence-corrected chi connectivity index (χ3v) is 1.76. The normalized spacial score (nSPS) is 12.2. The lowest BCUT2D eigenvalue weighted by Crippen LogP contribution is -1.98. The van der Waals surface area contributed by atoms with Gasteiger partial charge >= 0.3 is 11.4 Å². The van der Waals surface area contributed by atoms with Crippen LogP contribution in [-0.2, 0) is 11.4 Å². The third kappa shape index (κ3) is 2.96. The van der Waals surface area contributed by atoms with Gasteiger partial charge < -0.3 is 4.18 Å². The fourth-order valence-corrected chi connectivity index (χ4v) is 1.10. The van der Waals surface area contributed by atoms with Crippen molar-refractivity contribution in [3.05, 3.63) is 29.8 Å². The minimum atomic E-state index is -2.32. The number of rotatable bonds is 3. The van der Waals surface area contributed by atoms with Gasteiger partial charge in [-0.2, -0.15) is 4.21 Å². The molecule has 1 unspecified atom stereocenters. The second-order valence-electron chi connectivity index (χ2n) is 2.38. The van der Waals surface area contributed by atoms with Crippen LogP contribution in [0.4, 0.5) is 0 Å². The Morgan fingerprint density at radius 2 is 1.92 bits per heavy atom. The number of carbonyl (C=O) groups excluding carboxylic acids is 1. The molecule has 0 aromatic heterocycles. The lowest BCUT2D eigenvalue weighted by Gasteiger charge is -1.99.